The maximum absolute atomic E-state index is 14.7. The van der Waals surface area contributed by atoms with Crippen LogP contribution < -0.4 is 9.80 Å². The number of carbonyl (C=O) groups excluding carboxylic acids is 1. The van der Waals surface area contributed by atoms with Crippen molar-refractivity contribution in [2.45, 2.75) is 57.0 Å². The SMILES string of the molecule is CC(C)(C)c1ccc2c(c1)C1(CCNCC1)C[N+]2(CCC(F)(F)F)C(=O)c1cccc(F)c1F. The van der Waals surface area contributed by atoms with Gasteiger partial charge in [0.15, 0.2) is 11.6 Å². The van der Waals surface area contributed by atoms with E-state index in [2.05, 4.69) is 26.1 Å². The van der Waals surface area contributed by atoms with E-state index in [0.717, 1.165) is 23.3 Å². The fourth-order valence-electron chi connectivity index (χ4n) is 5.52. The number of hydrogen-bond acceptors (Lipinski definition) is 2. The minimum absolute atomic E-state index is 0.0997. The first-order valence-electron chi connectivity index (χ1n) is 11.6. The number of amides is 1. The molecule has 2 aliphatic heterocycles. The first-order chi connectivity index (χ1) is 15.8. The van der Waals surface area contributed by atoms with Crippen LogP contribution in [0.4, 0.5) is 27.6 Å². The molecule has 1 unspecified atom stereocenters. The normalized spacial score (nSPS) is 22.1. The summed E-state index contributed by atoms with van der Waals surface area (Å²) in [5, 5.41) is 3.29. The second-order valence-electron chi connectivity index (χ2n) is 10.6. The van der Waals surface area contributed by atoms with Gasteiger partial charge in [-0.2, -0.15) is 13.2 Å². The van der Waals surface area contributed by atoms with Crippen LogP contribution in [0.1, 0.15) is 61.5 Å². The van der Waals surface area contributed by atoms with Crippen LogP contribution >= 0.6 is 0 Å². The second-order valence-corrected chi connectivity index (χ2v) is 10.6. The fourth-order valence-corrected chi connectivity index (χ4v) is 5.52. The number of carbonyl (C=O) groups is 1. The summed E-state index contributed by atoms with van der Waals surface area (Å²) in [4.78, 5) is 13.9. The third-order valence-electron chi connectivity index (χ3n) is 7.38. The van der Waals surface area contributed by atoms with Crippen molar-refractivity contribution >= 4 is 11.6 Å². The fraction of sp³-hybridized carbons (Fsp3) is 0.500. The lowest BCUT2D eigenvalue weighted by atomic mass is 9.73. The molecule has 0 radical (unpaired) electrons. The van der Waals surface area contributed by atoms with Crippen LogP contribution in [0.25, 0.3) is 0 Å². The van der Waals surface area contributed by atoms with Gasteiger partial charge in [0.2, 0.25) is 0 Å². The lowest BCUT2D eigenvalue weighted by Gasteiger charge is -2.37. The Balaban J connectivity index is 1.95. The first kappa shape index (κ1) is 24.8. The molecule has 2 aromatic rings. The Morgan fingerprint density at radius 1 is 1.06 bits per heavy atom. The van der Waals surface area contributed by atoms with Crippen molar-refractivity contribution < 1.29 is 26.7 Å². The van der Waals surface area contributed by atoms with Crippen LogP contribution in [0, 0.1) is 11.6 Å². The molecule has 0 saturated carbocycles. The van der Waals surface area contributed by atoms with Crippen molar-refractivity contribution in [1.82, 2.24) is 9.80 Å². The molecule has 1 N–H and O–H groups in total. The Labute approximate surface area is 196 Å². The predicted octanol–water partition coefficient (Wildman–Crippen LogP) is 6.00. The van der Waals surface area contributed by atoms with Crippen LogP contribution in [-0.4, -0.2) is 38.3 Å². The number of halogens is 5. The highest BCUT2D eigenvalue weighted by Crippen LogP contribution is 2.52. The predicted molar refractivity (Wildman–Crippen MR) is 122 cm³/mol. The van der Waals surface area contributed by atoms with E-state index < -0.39 is 52.1 Å². The molecule has 0 aliphatic carbocycles. The van der Waals surface area contributed by atoms with Gasteiger partial charge < -0.3 is 5.32 Å². The molecule has 4 rings (SSSR count). The van der Waals surface area contributed by atoms with Crippen molar-refractivity contribution in [3.63, 3.8) is 0 Å². The summed E-state index contributed by atoms with van der Waals surface area (Å²) in [5.74, 6) is -3.35. The van der Waals surface area contributed by atoms with Crippen LogP contribution in [0.3, 0.4) is 0 Å². The van der Waals surface area contributed by atoms with Crippen LogP contribution in [0.2, 0.25) is 0 Å². The van der Waals surface area contributed by atoms with E-state index in [0.29, 0.717) is 31.6 Å². The van der Waals surface area contributed by atoms with Gasteiger partial charge >= 0.3 is 12.1 Å². The Morgan fingerprint density at radius 2 is 1.74 bits per heavy atom. The summed E-state index contributed by atoms with van der Waals surface area (Å²) >= 11 is 0. The van der Waals surface area contributed by atoms with Gasteiger partial charge in [0, 0.05) is 11.6 Å². The number of piperidine rings is 1. The highest BCUT2D eigenvalue weighted by Gasteiger charge is 2.58. The zero-order chi connectivity index (χ0) is 24.9. The number of rotatable bonds is 3. The third-order valence-corrected chi connectivity index (χ3v) is 7.38. The van der Waals surface area contributed by atoms with E-state index in [4.69, 9.17) is 0 Å². The Hall–Kier alpha value is -2.32. The van der Waals surface area contributed by atoms with Gasteiger partial charge in [-0.15, -0.1) is 0 Å². The standard InChI is InChI=1S/C26H30F5N2O/c1-24(2,3)17-7-8-21-19(15-17)25(9-12-32-13-10-25)16-33(21,14-11-26(29,30)31)23(34)18-5-4-6-20(27)22(18)28/h4-8,15,32H,9-14,16H2,1-3H3/q+1. The van der Waals surface area contributed by atoms with Crippen molar-refractivity contribution in [2.24, 2.45) is 0 Å². The van der Waals surface area contributed by atoms with Gasteiger partial charge in [-0.05, 0) is 55.1 Å². The van der Waals surface area contributed by atoms with E-state index in [9.17, 15) is 26.7 Å². The number of nitrogens with zero attached hydrogens (tertiary/aromatic N) is 1. The molecular weight excluding hydrogens is 451 g/mol. The molecule has 1 fully saturated rings. The molecule has 1 amide bonds. The summed E-state index contributed by atoms with van der Waals surface area (Å²) < 4.78 is 68.5. The van der Waals surface area contributed by atoms with Crippen LogP contribution in [0.15, 0.2) is 36.4 Å². The monoisotopic (exact) mass is 481 g/mol. The number of benzene rings is 2. The third kappa shape index (κ3) is 4.26. The quantitative estimate of drug-likeness (QED) is 0.431. The Bertz CT molecular complexity index is 1100. The Kier molecular flexibility index (Phi) is 6.13. The number of quaternary nitrogens is 1. The lowest BCUT2D eigenvalue weighted by molar-refractivity contribution is -0.136. The number of alkyl halides is 3. The molecule has 0 bridgehead atoms. The number of nitrogens with one attached hydrogen (secondary N) is 1. The summed E-state index contributed by atoms with van der Waals surface area (Å²) in [6, 6.07) is 8.86. The highest BCUT2D eigenvalue weighted by molar-refractivity contribution is 6.04. The van der Waals surface area contributed by atoms with Gasteiger partial charge in [0.05, 0.1) is 18.4 Å². The average molecular weight is 482 g/mol. The average Bonchev–Trinajstić information content (AvgIpc) is 3.03. The van der Waals surface area contributed by atoms with Crippen molar-refractivity contribution in [3.8, 4) is 0 Å². The smallest absolute Gasteiger partial charge is 0.317 e. The maximum atomic E-state index is 14.7. The van der Waals surface area contributed by atoms with Gasteiger partial charge in [0.25, 0.3) is 0 Å². The van der Waals surface area contributed by atoms with Crippen molar-refractivity contribution in [1.29, 1.82) is 0 Å². The highest BCUT2D eigenvalue weighted by atomic mass is 19.4. The minimum atomic E-state index is -4.50. The van der Waals surface area contributed by atoms with E-state index in [1.807, 2.05) is 12.1 Å². The molecule has 34 heavy (non-hydrogen) atoms. The van der Waals surface area contributed by atoms with Crippen LogP contribution in [-0.2, 0) is 10.8 Å². The topological polar surface area (TPSA) is 29.1 Å². The molecule has 1 spiro atoms. The minimum Gasteiger partial charge on any atom is -0.317 e. The first-order valence-corrected chi connectivity index (χ1v) is 11.6. The van der Waals surface area contributed by atoms with E-state index in [-0.39, 0.29) is 12.0 Å². The maximum Gasteiger partial charge on any atom is 0.394 e. The molecule has 2 aliphatic rings. The van der Waals surface area contributed by atoms with E-state index in [1.54, 1.807) is 6.07 Å². The molecule has 184 valence electrons. The van der Waals surface area contributed by atoms with Crippen LogP contribution in [0.5, 0.6) is 0 Å². The van der Waals surface area contributed by atoms with Crippen molar-refractivity contribution in [3.05, 3.63) is 64.7 Å². The van der Waals surface area contributed by atoms with Gasteiger partial charge in [-0.3, -0.25) is 0 Å². The molecule has 8 heteroatoms. The Morgan fingerprint density at radius 3 is 2.35 bits per heavy atom. The van der Waals surface area contributed by atoms with E-state index >= 15 is 0 Å². The van der Waals surface area contributed by atoms with Crippen molar-refractivity contribution in [2.75, 3.05) is 26.2 Å². The number of hydrogen-bond donors (Lipinski definition) is 1. The van der Waals surface area contributed by atoms with Gasteiger partial charge in [0.1, 0.15) is 17.8 Å². The summed E-state index contributed by atoms with van der Waals surface area (Å²) in [5.41, 5.74) is 1.10. The number of fused-ring (bicyclic) bond motifs is 2. The summed E-state index contributed by atoms with van der Waals surface area (Å²) in [7, 11) is 0. The molecule has 1 saturated heterocycles. The molecule has 0 aromatic heterocycles. The second kappa shape index (κ2) is 8.41. The largest absolute Gasteiger partial charge is 0.394 e. The molecule has 2 heterocycles. The summed E-state index contributed by atoms with van der Waals surface area (Å²) in [6.45, 7) is 7.03. The molecular formula is C26H30F5N2O+. The lowest BCUT2D eigenvalue weighted by Crippen LogP contribution is -2.58. The van der Waals surface area contributed by atoms with Gasteiger partial charge in [-0.25, -0.2) is 18.1 Å². The van der Waals surface area contributed by atoms with E-state index in [1.165, 1.54) is 6.07 Å². The summed E-state index contributed by atoms with van der Waals surface area (Å²) in [6.07, 6.45) is -4.40. The molecule has 2 aromatic carbocycles. The zero-order valence-electron chi connectivity index (χ0n) is 19.7. The zero-order valence-corrected chi connectivity index (χ0v) is 19.7. The molecule has 1 atom stereocenters. The van der Waals surface area contributed by atoms with Gasteiger partial charge in [-0.1, -0.05) is 32.9 Å². The molecule has 3 nitrogen and oxygen atoms in total.